The molecule has 0 bridgehead atoms. The Balaban J connectivity index is 1.11. The van der Waals surface area contributed by atoms with Crippen molar-refractivity contribution < 1.29 is 18.7 Å². The van der Waals surface area contributed by atoms with Crippen molar-refractivity contribution in [1.29, 1.82) is 0 Å². The van der Waals surface area contributed by atoms with E-state index in [-0.39, 0.29) is 46.5 Å². The molecule has 1 spiro atoms. The molecule has 6 rings (SSSR count). The fraction of sp³-hybridized carbons (Fsp3) is 0.519. The van der Waals surface area contributed by atoms with Crippen LogP contribution in [0.2, 0.25) is 0 Å². The molecule has 5 heterocycles. The first-order chi connectivity index (χ1) is 18.8. The number of fused-ring (bicyclic) bond motifs is 1. The van der Waals surface area contributed by atoms with Gasteiger partial charge in [-0.25, -0.2) is 9.37 Å². The Kier molecular flexibility index (Phi) is 6.37. The SMILES string of the molecule is COc1cc(-c2cc(C(=O)N3CC[C@H](C(=O)NC(C)c4cc5n(n4)CCN(C)C5)CC34CC4)n[nH]2)c(F)cn1. The van der Waals surface area contributed by atoms with E-state index >= 15 is 0 Å². The topological polar surface area (TPSA) is 121 Å². The number of carbonyl (C=O) groups is 2. The van der Waals surface area contributed by atoms with Gasteiger partial charge in [0.2, 0.25) is 11.8 Å². The van der Waals surface area contributed by atoms with Crippen molar-refractivity contribution in [2.45, 2.75) is 57.3 Å². The van der Waals surface area contributed by atoms with E-state index in [1.165, 1.54) is 13.2 Å². The molecule has 1 saturated carbocycles. The maximum atomic E-state index is 14.4. The summed E-state index contributed by atoms with van der Waals surface area (Å²) < 4.78 is 21.5. The normalized spacial score (nSPS) is 20.9. The molecular weight excluding hydrogens is 503 g/mol. The highest BCUT2D eigenvalue weighted by atomic mass is 19.1. The number of likely N-dealkylation sites (N-methyl/N-ethyl adjacent to an activating group) is 1. The Hall–Kier alpha value is -3.80. The van der Waals surface area contributed by atoms with Crippen LogP contribution in [-0.2, 0) is 17.9 Å². The van der Waals surface area contributed by atoms with Gasteiger partial charge in [-0.15, -0.1) is 0 Å². The van der Waals surface area contributed by atoms with Gasteiger partial charge in [-0.2, -0.15) is 10.2 Å². The summed E-state index contributed by atoms with van der Waals surface area (Å²) in [6.45, 7) is 5.10. The average molecular weight is 537 g/mol. The van der Waals surface area contributed by atoms with E-state index in [2.05, 4.69) is 38.5 Å². The molecular formula is C27H33FN8O3. The molecule has 2 N–H and O–H groups in total. The predicted molar refractivity (Wildman–Crippen MR) is 139 cm³/mol. The van der Waals surface area contributed by atoms with Crippen molar-refractivity contribution in [1.82, 2.24) is 40.1 Å². The summed E-state index contributed by atoms with van der Waals surface area (Å²) >= 11 is 0. The minimum Gasteiger partial charge on any atom is -0.481 e. The standard InChI is InChI=1S/C27H33FN8O3/c1-16(21-10-18-15-34(2)8-9-36(18)33-21)30-25(37)17-4-7-35(27(13-17)5-6-27)26(38)23-12-22(31-32-23)19-11-24(39-3)29-14-20(19)28/h10-12,14,16-17H,4-9,13,15H2,1-3H3,(H,30,37)(H,31,32)/t16?,17-/m0/s1. The third-order valence-corrected chi connectivity index (χ3v) is 8.28. The van der Waals surface area contributed by atoms with Crippen molar-refractivity contribution in [2.75, 3.05) is 27.2 Å². The number of H-pyrrole nitrogens is 1. The number of pyridine rings is 1. The lowest BCUT2D eigenvalue weighted by Crippen LogP contribution is -2.51. The summed E-state index contributed by atoms with van der Waals surface area (Å²) in [6.07, 6.45) is 3.98. The van der Waals surface area contributed by atoms with Gasteiger partial charge in [0.1, 0.15) is 0 Å². The number of aromatic amines is 1. The van der Waals surface area contributed by atoms with Gasteiger partial charge in [-0.05, 0) is 51.8 Å². The number of aromatic nitrogens is 5. The van der Waals surface area contributed by atoms with E-state index in [4.69, 9.17) is 9.84 Å². The molecule has 3 aliphatic rings. The molecule has 3 aromatic rings. The average Bonchev–Trinajstić information content (AvgIpc) is 3.33. The predicted octanol–water partition coefficient (Wildman–Crippen LogP) is 2.52. The number of amides is 2. The smallest absolute Gasteiger partial charge is 0.274 e. The Bertz CT molecular complexity index is 1410. The highest BCUT2D eigenvalue weighted by molar-refractivity contribution is 5.94. The minimum absolute atomic E-state index is 0.00753. The maximum Gasteiger partial charge on any atom is 0.274 e. The first-order valence-electron chi connectivity index (χ1n) is 13.4. The van der Waals surface area contributed by atoms with E-state index in [1.54, 1.807) is 6.07 Å². The molecule has 12 heteroatoms. The van der Waals surface area contributed by atoms with E-state index in [0.29, 0.717) is 25.1 Å². The van der Waals surface area contributed by atoms with Crippen molar-refractivity contribution >= 4 is 11.8 Å². The largest absolute Gasteiger partial charge is 0.481 e. The Morgan fingerprint density at radius 2 is 2.05 bits per heavy atom. The van der Waals surface area contributed by atoms with Crippen LogP contribution in [0.4, 0.5) is 4.39 Å². The Morgan fingerprint density at radius 3 is 2.82 bits per heavy atom. The number of likely N-dealkylation sites (tertiary alicyclic amines) is 1. The highest BCUT2D eigenvalue weighted by Gasteiger charge is 2.54. The molecule has 0 aromatic carbocycles. The van der Waals surface area contributed by atoms with Crippen LogP contribution in [-0.4, -0.2) is 79.4 Å². The zero-order chi connectivity index (χ0) is 27.3. The number of hydrogen-bond donors (Lipinski definition) is 2. The molecule has 39 heavy (non-hydrogen) atoms. The summed E-state index contributed by atoms with van der Waals surface area (Å²) in [4.78, 5) is 34.7. The van der Waals surface area contributed by atoms with Crippen LogP contribution < -0.4 is 10.1 Å². The van der Waals surface area contributed by atoms with Gasteiger partial charge in [0.05, 0.1) is 43.0 Å². The Labute approximate surface area is 225 Å². The fourth-order valence-corrected chi connectivity index (χ4v) is 5.83. The second-order valence-corrected chi connectivity index (χ2v) is 11.0. The summed E-state index contributed by atoms with van der Waals surface area (Å²) in [5.74, 6) is -0.650. The molecule has 1 saturated heterocycles. The third kappa shape index (κ3) is 4.77. The lowest BCUT2D eigenvalue weighted by atomic mass is 9.87. The van der Waals surface area contributed by atoms with Crippen LogP contribution in [0.1, 0.15) is 60.5 Å². The van der Waals surface area contributed by atoms with E-state index < -0.39 is 5.82 Å². The molecule has 1 aliphatic carbocycles. The van der Waals surface area contributed by atoms with Gasteiger partial charge >= 0.3 is 0 Å². The van der Waals surface area contributed by atoms with Gasteiger partial charge in [0, 0.05) is 42.7 Å². The molecule has 2 amide bonds. The van der Waals surface area contributed by atoms with Crippen molar-refractivity contribution in [3.8, 4) is 17.1 Å². The summed E-state index contributed by atoms with van der Waals surface area (Å²) in [7, 11) is 3.55. The zero-order valence-electron chi connectivity index (χ0n) is 22.4. The summed E-state index contributed by atoms with van der Waals surface area (Å²) in [5.41, 5.74) is 2.53. The molecule has 2 fully saturated rings. The number of hydrogen-bond acceptors (Lipinski definition) is 7. The lowest BCUT2D eigenvalue weighted by molar-refractivity contribution is -0.128. The van der Waals surface area contributed by atoms with Crippen LogP contribution in [0.3, 0.4) is 0 Å². The van der Waals surface area contributed by atoms with Gasteiger partial charge in [-0.1, -0.05) is 0 Å². The number of halogens is 1. The molecule has 2 aliphatic heterocycles. The number of nitrogens with zero attached hydrogens (tertiary/aromatic N) is 6. The number of nitrogens with one attached hydrogen (secondary N) is 2. The molecule has 1 unspecified atom stereocenters. The molecule has 0 radical (unpaired) electrons. The molecule has 3 aromatic heterocycles. The van der Waals surface area contributed by atoms with Crippen molar-refractivity contribution in [3.63, 3.8) is 0 Å². The van der Waals surface area contributed by atoms with E-state index in [9.17, 15) is 14.0 Å². The minimum atomic E-state index is -0.541. The molecule has 11 nitrogen and oxygen atoms in total. The second-order valence-electron chi connectivity index (χ2n) is 11.0. The molecule has 2 atom stereocenters. The first-order valence-corrected chi connectivity index (χ1v) is 13.4. The van der Waals surface area contributed by atoms with Gasteiger partial charge < -0.3 is 15.0 Å². The van der Waals surface area contributed by atoms with Crippen LogP contribution in [0.15, 0.2) is 24.4 Å². The van der Waals surface area contributed by atoms with Gasteiger partial charge in [0.25, 0.3) is 5.91 Å². The van der Waals surface area contributed by atoms with Crippen LogP contribution in [0, 0.1) is 11.7 Å². The van der Waals surface area contributed by atoms with E-state index in [0.717, 1.165) is 50.1 Å². The number of methoxy groups -OCH3 is 1. The van der Waals surface area contributed by atoms with Crippen LogP contribution >= 0.6 is 0 Å². The van der Waals surface area contributed by atoms with Gasteiger partial charge in [-0.3, -0.25) is 24.3 Å². The third-order valence-electron chi connectivity index (χ3n) is 8.28. The summed E-state index contributed by atoms with van der Waals surface area (Å²) in [6, 6.07) is 4.90. The number of carbonyl (C=O) groups excluding carboxylic acids is 2. The zero-order valence-corrected chi connectivity index (χ0v) is 22.4. The lowest BCUT2D eigenvalue weighted by Gasteiger charge is -2.39. The Morgan fingerprint density at radius 1 is 1.23 bits per heavy atom. The van der Waals surface area contributed by atoms with Gasteiger partial charge in [0.15, 0.2) is 11.5 Å². The maximum absolute atomic E-state index is 14.4. The number of rotatable bonds is 6. The fourth-order valence-electron chi connectivity index (χ4n) is 5.83. The summed E-state index contributed by atoms with van der Waals surface area (Å²) in [5, 5.41) is 14.8. The van der Waals surface area contributed by atoms with Crippen molar-refractivity contribution in [3.05, 3.63) is 47.3 Å². The quantitative estimate of drug-likeness (QED) is 0.497. The monoisotopic (exact) mass is 536 g/mol. The first kappa shape index (κ1) is 25.5. The molecule has 206 valence electrons. The van der Waals surface area contributed by atoms with Crippen LogP contribution in [0.5, 0.6) is 5.88 Å². The number of piperidine rings is 1. The van der Waals surface area contributed by atoms with Crippen LogP contribution in [0.25, 0.3) is 11.3 Å². The van der Waals surface area contributed by atoms with E-state index in [1.807, 2.05) is 16.5 Å². The second kappa shape index (κ2) is 9.74. The number of ether oxygens (including phenoxy) is 1. The highest BCUT2D eigenvalue weighted by Crippen LogP contribution is 2.50. The van der Waals surface area contributed by atoms with Crippen molar-refractivity contribution in [2.24, 2.45) is 5.92 Å².